The highest BCUT2D eigenvalue weighted by Gasteiger charge is 2.66. The Kier molecular flexibility index (Phi) is 4.92. The molecule has 1 saturated heterocycles. The Morgan fingerprint density at radius 3 is 2.21 bits per heavy atom. The number of esters is 2. The summed E-state index contributed by atoms with van der Waals surface area (Å²) in [7, 11) is -2.37. The maximum absolute atomic E-state index is 12.0. The Hall–Kier alpha value is -1.15. The van der Waals surface area contributed by atoms with E-state index in [1.807, 2.05) is 6.92 Å². The summed E-state index contributed by atoms with van der Waals surface area (Å²) in [5.74, 6) is -2.34. The lowest BCUT2D eigenvalue weighted by molar-refractivity contribution is -0.156. The van der Waals surface area contributed by atoms with E-state index in [2.05, 4.69) is 9.47 Å². The van der Waals surface area contributed by atoms with Gasteiger partial charge in [-0.2, -0.15) is 8.42 Å². The lowest BCUT2D eigenvalue weighted by atomic mass is 9.97. The van der Waals surface area contributed by atoms with Gasteiger partial charge in [-0.25, -0.2) is 9.59 Å². The Morgan fingerprint density at radius 2 is 1.79 bits per heavy atom. The second-order valence-corrected chi connectivity index (χ2v) is 6.13. The average molecular weight is 294 g/mol. The standard InChI is InChI=1S/C11H18O7S/c1-4-5-6-8-7-11(9(12)16-2,10(13)17-3)19(14,15)18-8/h8H,4-7H2,1-3H3. The van der Waals surface area contributed by atoms with Crippen molar-refractivity contribution < 1.29 is 31.7 Å². The molecule has 19 heavy (non-hydrogen) atoms. The summed E-state index contributed by atoms with van der Waals surface area (Å²) in [5, 5.41) is 0. The predicted octanol–water partition coefficient (Wildman–Crippen LogP) is 0.380. The third-order valence-corrected chi connectivity index (χ3v) is 4.99. The van der Waals surface area contributed by atoms with Crippen LogP contribution in [-0.2, 0) is 33.4 Å². The van der Waals surface area contributed by atoms with E-state index in [9.17, 15) is 18.0 Å². The molecule has 0 radical (unpaired) electrons. The van der Waals surface area contributed by atoms with Crippen LogP contribution in [0.2, 0.25) is 0 Å². The number of carbonyl (C=O) groups excluding carboxylic acids is 2. The van der Waals surface area contributed by atoms with Gasteiger partial charge in [0, 0.05) is 6.42 Å². The molecular formula is C11H18O7S. The van der Waals surface area contributed by atoms with Crippen molar-refractivity contribution in [1.82, 2.24) is 0 Å². The molecule has 0 aromatic rings. The third kappa shape index (κ3) is 2.59. The van der Waals surface area contributed by atoms with Crippen LogP contribution in [0.15, 0.2) is 0 Å². The average Bonchev–Trinajstić information content (AvgIpc) is 2.66. The molecule has 7 nitrogen and oxygen atoms in total. The molecule has 1 heterocycles. The molecule has 0 saturated carbocycles. The Labute approximate surface area is 112 Å². The minimum absolute atomic E-state index is 0.269. The van der Waals surface area contributed by atoms with Crippen LogP contribution in [0.4, 0.5) is 0 Å². The lowest BCUT2D eigenvalue weighted by Gasteiger charge is -2.19. The van der Waals surface area contributed by atoms with Crippen LogP contribution < -0.4 is 0 Å². The van der Waals surface area contributed by atoms with E-state index in [1.165, 1.54) is 0 Å². The minimum Gasteiger partial charge on any atom is -0.467 e. The van der Waals surface area contributed by atoms with Crippen molar-refractivity contribution in [3.63, 3.8) is 0 Å². The number of hydrogen-bond donors (Lipinski definition) is 0. The molecule has 0 amide bonds. The number of rotatable bonds is 5. The van der Waals surface area contributed by atoms with Gasteiger partial charge in [-0.1, -0.05) is 19.8 Å². The highest BCUT2D eigenvalue weighted by Crippen LogP contribution is 2.38. The fourth-order valence-corrected chi connectivity index (χ4v) is 3.74. The van der Waals surface area contributed by atoms with Crippen LogP contribution >= 0.6 is 0 Å². The Morgan fingerprint density at radius 1 is 1.26 bits per heavy atom. The van der Waals surface area contributed by atoms with Crippen molar-refractivity contribution in [3.8, 4) is 0 Å². The van der Waals surface area contributed by atoms with Crippen LogP contribution in [0, 0.1) is 0 Å². The highest BCUT2D eigenvalue weighted by atomic mass is 32.2. The van der Waals surface area contributed by atoms with E-state index in [0.717, 1.165) is 27.1 Å². The first-order chi connectivity index (χ1) is 8.85. The summed E-state index contributed by atoms with van der Waals surface area (Å²) in [5.41, 5.74) is 0. The summed E-state index contributed by atoms with van der Waals surface area (Å²) in [6.45, 7) is 1.94. The minimum atomic E-state index is -4.40. The molecule has 1 atom stereocenters. The van der Waals surface area contributed by atoms with E-state index in [4.69, 9.17) is 4.18 Å². The molecular weight excluding hydrogens is 276 g/mol. The van der Waals surface area contributed by atoms with Crippen LogP contribution in [0.3, 0.4) is 0 Å². The molecule has 1 aliphatic rings. The van der Waals surface area contributed by atoms with Crippen molar-refractivity contribution in [1.29, 1.82) is 0 Å². The summed E-state index contributed by atoms with van der Waals surface area (Å²) in [4.78, 5) is 23.6. The number of carbonyl (C=O) groups is 2. The van der Waals surface area contributed by atoms with Gasteiger partial charge >= 0.3 is 11.9 Å². The van der Waals surface area contributed by atoms with Gasteiger partial charge in [-0.05, 0) is 6.42 Å². The summed E-state index contributed by atoms with van der Waals surface area (Å²) < 4.78 is 35.5. The molecule has 1 aliphatic heterocycles. The first kappa shape index (κ1) is 15.9. The van der Waals surface area contributed by atoms with Gasteiger partial charge in [0.2, 0.25) is 0 Å². The number of unbranched alkanes of at least 4 members (excludes halogenated alkanes) is 1. The smallest absolute Gasteiger partial charge is 0.341 e. The van der Waals surface area contributed by atoms with Crippen molar-refractivity contribution in [2.45, 2.75) is 43.5 Å². The molecule has 1 unspecified atom stereocenters. The van der Waals surface area contributed by atoms with Gasteiger partial charge < -0.3 is 9.47 Å². The first-order valence-electron chi connectivity index (χ1n) is 5.95. The van der Waals surface area contributed by atoms with Crippen LogP contribution in [0.5, 0.6) is 0 Å². The van der Waals surface area contributed by atoms with Crippen LogP contribution in [0.1, 0.15) is 32.6 Å². The van der Waals surface area contributed by atoms with Gasteiger partial charge in [-0.3, -0.25) is 4.18 Å². The largest absolute Gasteiger partial charge is 0.467 e. The fourth-order valence-electron chi connectivity index (χ4n) is 2.08. The second kappa shape index (κ2) is 5.87. The molecule has 0 aromatic carbocycles. The zero-order valence-corrected chi connectivity index (χ0v) is 12.0. The van der Waals surface area contributed by atoms with E-state index < -0.39 is 32.9 Å². The van der Waals surface area contributed by atoms with Crippen molar-refractivity contribution in [3.05, 3.63) is 0 Å². The van der Waals surface area contributed by atoms with Gasteiger partial charge in [0.05, 0.1) is 20.3 Å². The molecule has 1 fully saturated rings. The molecule has 0 N–H and O–H groups in total. The number of methoxy groups -OCH3 is 2. The third-order valence-electron chi connectivity index (χ3n) is 3.11. The Balaban J connectivity index is 3.16. The number of ether oxygens (including phenoxy) is 2. The van der Waals surface area contributed by atoms with Gasteiger partial charge in [-0.15, -0.1) is 0 Å². The first-order valence-corrected chi connectivity index (χ1v) is 7.36. The molecule has 110 valence electrons. The van der Waals surface area contributed by atoms with Crippen molar-refractivity contribution >= 4 is 22.1 Å². The van der Waals surface area contributed by atoms with E-state index in [0.29, 0.717) is 6.42 Å². The second-order valence-electron chi connectivity index (χ2n) is 4.33. The molecule has 0 aliphatic carbocycles. The maximum atomic E-state index is 12.0. The van der Waals surface area contributed by atoms with Gasteiger partial charge in [0.25, 0.3) is 14.9 Å². The van der Waals surface area contributed by atoms with Gasteiger partial charge in [0.1, 0.15) is 0 Å². The van der Waals surface area contributed by atoms with Crippen molar-refractivity contribution in [2.75, 3.05) is 14.2 Å². The van der Waals surface area contributed by atoms with E-state index >= 15 is 0 Å². The zero-order chi connectivity index (χ0) is 14.7. The zero-order valence-electron chi connectivity index (χ0n) is 11.2. The van der Waals surface area contributed by atoms with Gasteiger partial charge in [0.15, 0.2) is 0 Å². The fraction of sp³-hybridized carbons (Fsp3) is 0.818. The topological polar surface area (TPSA) is 96.0 Å². The summed E-state index contributed by atoms with van der Waals surface area (Å²) >= 11 is 0. The molecule has 1 rings (SSSR count). The maximum Gasteiger partial charge on any atom is 0.341 e. The predicted molar refractivity (Wildman–Crippen MR) is 64.7 cm³/mol. The van der Waals surface area contributed by atoms with E-state index in [1.54, 1.807) is 0 Å². The lowest BCUT2D eigenvalue weighted by Crippen LogP contribution is -2.51. The Bertz CT molecular complexity index is 438. The van der Waals surface area contributed by atoms with Crippen LogP contribution in [0.25, 0.3) is 0 Å². The van der Waals surface area contributed by atoms with Crippen LogP contribution in [-0.4, -0.2) is 45.4 Å². The summed E-state index contributed by atoms with van der Waals surface area (Å²) in [6.07, 6.45) is 1.06. The quantitative estimate of drug-likeness (QED) is 0.411. The monoisotopic (exact) mass is 294 g/mol. The van der Waals surface area contributed by atoms with Crippen molar-refractivity contribution in [2.24, 2.45) is 0 Å². The normalized spacial score (nSPS) is 23.8. The SMILES string of the molecule is CCCCC1CC(C(=O)OC)(C(=O)OC)S(=O)(=O)O1. The molecule has 8 heteroatoms. The summed E-state index contributed by atoms with van der Waals surface area (Å²) in [6, 6.07) is 0. The van der Waals surface area contributed by atoms with E-state index in [-0.39, 0.29) is 6.42 Å². The molecule has 0 bridgehead atoms. The molecule has 0 spiro atoms. The molecule has 0 aromatic heterocycles. The highest BCUT2D eigenvalue weighted by molar-refractivity contribution is 7.90. The number of hydrogen-bond acceptors (Lipinski definition) is 7.